The number of halogens is 3. The number of methoxy groups -OCH3 is 1. The molecule has 0 fully saturated rings. The summed E-state index contributed by atoms with van der Waals surface area (Å²) in [5.41, 5.74) is 1.31. The fraction of sp³-hybridized carbons (Fsp3) is 0.0476. The van der Waals surface area contributed by atoms with Crippen LogP contribution in [-0.2, 0) is 0 Å². The van der Waals surface area contributed by atoms with E-state index in [2.05, 4.69) is 21.0 Å². The number of aromatic nitrogens is 2. The van der Waals surface area contributed by atoms with Gasteiger partial charge in [-0.1, -0.05) is 15.9 Å². The molecule has 0 bridgehead atoms. The van der Waals surface area contributed by atoms with Gasteiger partial charge < -0.3 is 9.47 Å². The first kappa shape index (κ1) is 19.1. The minimum atomic E-state index is -0.841. The third-order valence-corrected chi connectivity index (χ3v) is 4.74. The Bertz CT molecular complexity index is 1290. The van der Waals surface area contributed by atoms with Crippen molar-refractivity contribution in [2.45, 2.75) is 0 Å². The number of hydrogen-bond donors (Lipinski definition) is 0. The lowest BCUT2D eigenvalue weighted by molar-refractivity contribution is 0.415. The second-order valence-electron chi connectivity index (χ2n) is 6.08. The summed E-state index contributed by atoms with van der Waals surface area (Å²) < 4.78 is 40.0. The third-order valence-electron chi connectivity index (χ3n) is 4.25. The molecule has 0 aliphatic rings. The number of rotatable bonds is 4. The van der Waals surface area contributed by atoms with Crippen LogP contribution in [0.2, 0.25) is 0 Å². The first-order valence-corrected chi connectivity index (χ1v) is 9.25. The molecule has 146 valence electrons. The quantitative estimate of drug-likeness (QED) is 0.421. The summed E-state index contributed by atoms with van der Waals surface area (Å²) in [6.07, 6.45) is 1.49. The maximum absolute atomic E-state index is 13.9. The Morgan fingerprint density at radius 2 is 1.79 bits per heavy atom. The molecule has 4 rings (SSSR count). The van der Waals surface area contributed by atoms with E-state index in [1.54, 1.807) is 18.2 Å². The fourth-order valence-corrected chi connectivity index (χ4v) is 3.31. The van der Waals surface area contributed by atoms with Gasteiger partial charge in [0.15, 0.2) is 17.0 Å². The predicted molar refractivity (Wildman–Crippen MR) is 108 cm³/mol. The van der Waals surface area contributed by atoms with Crippen LogP contribution in [0.4, 0.5) is 8.78 Å². The van der Waals surface area contributed by atoms with Crippen molar-refractivity contribution in [2.75, 3.05) is 7.11 Å². The van der Waals surface area contributed by atoms with Crippen LogP contribution in [0.15, 0.2) is 70.1 Å². The molecule has 4 aromatic rings. The summed E-state index contributed by atoms with van der Waals surface area (Å²) in [5.74, 6) is -1.09. The molecule has 29 heavy (non-hydrogen) atoms. The van der Waals surface area contributed by atoms with Crippen molar-refractivity contribution in [1.29, 1.82) is 0 Å². The Morgan fingerprint density at radius 1 is 1.00 bits per heavy atom. The van der Waals surface area contributed by atoms with Gasteiger partial charge in [-0.15, -0.1) is 5.10 Å². The zero-order chi connectivity index (χ0) is 20.5. The van der Waals surface area contributed by atoms with Crippen LogP contribution in [0, 0.1) is 11.6 Å². The normalized spacial score (nSPS) is 10.9. The van der Waals surface area contributed by atoms with Crippen LogP contribution in [-0.4, -0.2) is 16.7 Å². The molecule has 2 heterocycles. The molecular weight excluding hydrogens is 446 g/mol. The zero-order valence-corrected chi connectivity index (χ0v) is 16.6. The second-order valence-corrected chi connectivity index (χ2v) is 6.99. The van der Waals surface area contributed by atoms with Crippen molar-refractivity contribution in [3.8, 4) is 28.5 Å². The Labute approximate surface area is 172 Å². The number of benzene rings is 2. The van der Waals surface area contributed by atoms with Crippen molar-refractivity contribution in [2.24, 2.45) is 0 Å². The summed E-state index contributed by atoms with van der Waals surface area (Å²) in [6.45, 7) is 0. The molecule has 8 heteroatoms. The van der Waals surface area contributed by atoms with Gasteiger partial charge >= 0.3 is 0 Å². The van der Waals surface area contributed by atoms with Crippen LogP contribution < -0.4 is 14.9 Å². The topological polar surface area (TPSA) is 52.8 Å². The molecule has 0 aliphatic carbocycles. The molecule has 0 saturated carbocycles. The SMILES string of the molecule is COc1ccc(Br)cc1-c1c(=O)ccn2nc(Oc3ccc(F)cc3F)ccc12. The van der Waals surface area contributed by atoms with Crippen molar-refractivity contribution in [3.05, 3.63) is 87.1 Å². The highest BCUT2D eigenvalue weighted by Gasteiger charge is 2.15. The van der Waals surface area contributed by atoms with Gasteiger partial charge in [-0.25, -0.2) is 13.3 Å². The Morgan fingerprint density at radius 3 is 2.55 bits per heavy atom. The summed E-state index contributed by atoms with van der Waals surface area (Å²) in [4.78, 5) is 12.6. The summed E-state index contributed by atoms with van der Waals surface area (Å²) >= 11 is 3.41. The van der Waals surface area contributed by atoms with E-state index in [1.165, 1.54) is 36.0 Å². The number of nitrogens with zero attached hydrogens (tertiary/aromatic N) is 2. The van der Waals surface area contributed by atoms with Gasteiger partial charge in [0.05, 0.1) is 18.2 Å². The van der Waals surface area contributed by atoms with Gasteiger partial charge in [-0.2, -0.15) is 0 Å². The monoisotopic (exact) mass is 458 g/mol. The van der Waals surface area contributed by atoms with Gasteiger partial charge in [-0.05, 0) is 36.4 Å². The molecule has 0 atom stereocenters. The Balaban J connectivity index is 1.83. The summed E-state index contributed by atoms with van der Waals surface area (Å²) in [5, 5.41) is 4.28. The lowest BCUT2D eigenvalue weighted by Crippen LogP contribution is -2.09. The molecule has 0 saturated heterocycles. The average Bonchev–Trinajstić information content (AvgIpc) is 2.70. The molecule has 2 aromatic carbocycles. The van der Waals surface area contributed by atoms with Crippen LogP contribution in [0.25, 0.3) is 16.6 Å². The maximum atomic E-state index is 13.9. The fourth-order valence-electron chi connectivity index (χ4n) is 2.95. The standard InChI is InChI=1S/C21H13BrF2N2O3/c1-28-18-5-2-12(22)10-14(18)21-16-4-7-20(25-26(16)9-8-17(21)27)29-19-6-3-13(23)11-15(19)24/h2-11H,1H3. The Kier molecular flexibility index (Phi) is 5.02. The summed E-state index contributed by atoms with van der Waals surface area (Å²) in [7, 11) is 1.52. The molecule has 0 amide bonds. The second kappa shape index (κ2) is 7.63. The molecule has 2 aromatic heterocycles. The van der Waals surface area contributed by atoms with Gasteiger partial charge in [0.25, 0.3) is 0 Å². The zero-order valence-electron chi connectivity index (χ0n) is 15.0. The largest absolute Gasteiger partial charge is 0.496 e. The van der Waals surface area contributed by atoms with E-state index in [4.69, 9.17) is 9.47 Å². The van der Waals surface area contributed by atoms with Gasteiger partial charge in [0, 0.05) is 34.4 Å². The van der Waals surface area contributed by atoms with E-state index in [1.807, 2.05) is 6.07 Å². The van der Waals surface area contributed by atoms with Gasteiger partial charge in [0.2, 0.25) is 5.88 Å². The molecule has 0 aliphatic heterocycles. The minimum absolute atomic E-state index is 0.0822. The number of fused-ring (bicyclic) bond motifs is 1. The van der Waals surface area contributed by atoms with E-state index in [0.717, 1.165) is 16.6 Å². The summed E-state index contributed by atoms with van der Waals surface area (Å²) in [6, 6.07) is 12.9. The van der Waals surface area contributed by atoms with E-state index >= 15 is 0 Å². The highest BCUT2D eigenvalue weighted by Crippen LogP contribution is 2.33. The van der Waals surface area contributed by atoms with Crippen molar-refractivity contribution < 1.29 is 18.3 Å². The number of pyridine rings is 1. The van der Waals surface area contributed by atoms with Gasteiger partial charge in [0.1, 0.15) is 11.6 Å². The highest BCUT2D eigenvalue weighted by atomic mass is 79.9. The average molecular weight is 459 g/mol. The van der Waals surface area contributed by atoms with E-state index in [0.29, 0.717) is 22.4 Å². The van der Waals surface area contributed by atoms with E-state index in [9.17, 15) is 13.6 Å². The van der Waals surface area contributed by atoms with Crippen molar-refractivity contribution in [1.82, 2.24) is 9.61 Å². The molecule has 0 spiro atoms. The Hall–Kier alpha value is -3.26. The minimum Gasteiger partial charge on any atom is -0.496 e. The van der Waals surface area contributed by atoms with Gasteiger partial charge in [-0.3, -0.25) is 4.79 Å². The van der Waals surface area contributed by atoms with Crippen LogP contribution in [0.1, 0.15) is 0 Å². The van der Waals surface area contributed by atoms with Crippen LogP contribution >= 0.6 is 15.9 Å². The number of ether oxygens (including phenoxy) is 2. The first-order valence-electron chi connectivity index (χ1n) is 8.46. The predicted octanol–water partition coefficient (Wildman–Crippen LogP) is 5.20. The van der Waals surface area contributed by atoms with E-state index in [-0.39, 0.29) is 17.1 Å². The molecule has 0 radical (unpaired) electrons. The van der Waals surface area contributed by atoms with E-state index < -0.39 is 11.6 Å². The smallest absolute Gasteiger partial charge is 0.237 e. The molecule has 0 N–H and O–H groups in total. The lowest BCUT2D eigenvalue weighted by Gasteiger charge is -2.12. The van der Waals surface area contributed by atoms with Crippen LogP contribution in [0.5, 0.6) is 17.4 Å². The first-order chi connectivity index (χ1) is 14.0. The van der Waals surface area contributed by atoms with Crippen LogP contribution in [0.3, 0.4) is 0 Å². The number of hydrogen-bond acceptors (Lipinski definition) is 4. The highest BCUT2D eigenvalue weighted by molar-refractivity contribution is 9.10. The van der Waals surface area contributed by atoms with Crippen molar-refractivity contribution in [3.63, 3.8) is 0 Å². The van der Waals surface area contributed by atoms with Crippen molar-refractivity contribution >= 4 is 21.4 Å². The maximum Gasteiger partial charge on any atom is 0.237 e. The lowest BCUT2D eigenvalue weighted by atomic mass is 10.0. The third kappa shape index (κ3) is 3.71. The molecule has 0 unspecified atom stereocenters. The molecule has 5 nitrogen and oxygen atoms in total. The molecular formula is C21H13BrF2N2O3.